The molecule has 16 nitrogen and oxygen atoms in total. The van der Waals surface area contributed by atoms with Crippen molar-refractivity contribution in [3.63, 3.8) is 0 Å². The molecule has 10 rings (SSSR count). The van der Waals surface area contributed by atoms with E-state index in [1.807, 2.05) is 85.3 Å². The molecule has 2 aliphatic rings. The van der Waals surface area contributed by atoms with E-state index in [0.717, 1.165) is 122 Å². The van der Waals surface area contributed by atoms with E-state index in [2.05, 4.69) is 70.2 Å². The number of carboxylic acid groups (broad SMARTS) is 1. The number of carbonyl (C=O) groups is 2. The van der Waals surface area contributed by atoms with Crippen LogP contribution in [0, 0.1) is 5.92 Å². The monoisotopic (exact) mass is 1120 g/mol. The van der Waals surface area contributed by atoms with Crippen LogP contribution >= 0.6 is 44.3 Å². The van der Waals surface area contributed by atoms with Gasteiger partial charge in [-0.15, -0.1) is 12.4 Å². The van der Waals surface area contributed by atoms with Crippen molar-refractivity contribution in [3.8, 4) is 44.8 Å². The Morgan fingerprint density at radius 2 is 1.01 bits per heavy atom. The van der Waals surface area contributed by atoms with Crippen LogP contribution in [0.5, 0.6) is 0 Å². The number of carboxylic acids is 1. The summed E-state index contributed by atoms with van der Waals surface area (Å²) < 4.78 is 4.98. The molecule has 0 bridgehead atoms. The van der Waals surface area contributed by atoms with Gasteiger partial charge in [0.25, 0.3) is 0 Å². The van der Waals surface area contributed by atoms with Gasteiger partial charge in [-0.25, -0.2) is 14.8 Å². The van der Waals surface area contributed by atoms with Crippen LogP contribution in [0.25, 0.3) is 56.1 Å². The summed E-state index contributed by atoms with van der Waals surface area (Å²) in [5.74, 6) is 0.752. The van der Waals surface area contributed by atoms with Gasteiger partial charge in [0.1, 0.15) is 23.8 Å². The van der Waals surface area contributed by atoms with Crippen LogP contribution < -0.4 is 17.2 Å². The van der Waals surface area contributed by atoms with Crippen molar-refractivity contribution in [2.24, 2.45) is 11.7 Å². The molecule has 2 aromatic carbocycles. The Hall–Kier alpha value is -6.15. The van der Waals surface area contributed by atoms with Crippen molar-refractivity contribution in [3.05, 3.63) is 130 Å². The molecular formula is C53H58Br2ClN11O5. The number of nitrogen functional groups attached to an aromatic ring is 2. The summed E-state index contributed by atoms with van der Waals surface area (Å²) >= 11 is 7.33. The molecule has 2 atom stereocenters. The number of nitrogens with two attached hydrogens (primary N) is 3. The van der Waals surface area contributed by atoms with E-state index in [0.29, 0.717) is 41.6 Å². The van der Waals surface area contributed by atoms with Crippen LogP contribution in [0.1, 0.15) is 94.9 Å². The lowest BCUT2D eigenvalue weighted by Gasteiger charge is -2.29. The van der Waals surface area contributed by atoms with Gasteiger partial charge in [0.2, 0.25) is 0 Å². The first kappa shape index (κ1) is 53.6. The highest BCUT2D eigenvalue weighted by Crippen LogP contribution is 2.42. The first-order valence-corrected chi connectivity index (χ1v) is 25.3. The number of carbonyl (C=O) groups excluding carboxylic acids is 1. The molecule has 0 spiro atoms. The van der Waals surface area contributed by atoms with Crippen molar-refractivity contribution < 1.29 is 24.9 Å². The molecule has 0 unspecified atom stereocenters. The fraction of sp³-hybridized carbons (Fsp3) is 0.321. The van der Waals surface area contributed by atoms with E-state index in [9.17, 15) is 14.7 Å². The van der Waals surface area contributed by atoms with Crippen LogP contribution in [0.2, 0.25) is 0 Å². The van der Waals surface area contributed by atoms with Crippen molar-refractivity contribution in [2.75, 3.05) is 11.5 Å². The van der Waals surface area contributed by atoms with Gasteiger partial charge in [0, 0.05) is 70.1 Å². The summed E-state index contributed by atoms with van der Waals surface area (Å²) in [6, 6.07) is 28.6. The molecule has 2 fully saturated rings. The van der Waals surface area contributed by atoms with E-state index >= 15 is 0 Å². The fourth-order valence-corrected chi connectivity index (χ4v) is 10.3. The first-order chi connectivity index (χ1) is 34.2. The van der Waals surface area contributed by atoms with Crippen molar-refractivity contribution in [1.29, 1.82) is 0 Å². The summed E-state index contributed by atoms with van der Waals surface area (Å²) in [7, 11) is 0. The largest absolute Gasteiger partial charge is 0.479 e. The zero-order chi connectivity index (χ0) is 50.3. The third-order valence-electron chi connectivity index (χ3n) is 13.3. The normalized spacial score (nSPS) is 18.4. The Kier molecular flexibility index (Phi) is 17.9. The lowest BCUT2D eigenvalue weighted by molar-refractivity contribution is -0.145. The number of nitrogens with zero attached hydrogens (tertiary/aromatic N) is 8. The van der Waals surface area contributed by atoms with Gasteiger partial charge >= 0.3 is 5.97 Å². The summed E-state index contributed by atoms with van der Waals surface area (Å²) in [5.41, 5.74) is 30.1. The minimum atomic E-state index is -1.23. The van der Waals surface area contributed by atoms with E-state index < -0.39 is 18.2 Å². The second-order valence-corrected chi connectivity index (χ2v) is 19.9. The van der Waals surface area contributed by atoms with Crippen molar-refractivity contribution >= 4 is 78.9 Å². The quantitative estimate of drug-likeness (QED) is 0.0745. The number of halogens is 3. The van der Waals surface area contributed by atoms with E-state index in [-0.39, 0.29) is 24.1 Å². The molecule has 6 aromatic heterocycles. The van der Waals surface area contributed by atoms with Crippen LogP contribution in [-0.4, -0.2) is 84.5 Å². The molecule has 9 N–H and O–H groups in total. The highest BCUT2D eigenvalue weighted by molar-refractivity contribution is 9.11. The van der Waals surface area contributed by atoms with Gasteiger partial charge in [-0.1, -0.05) is 72.8 Å². The summed E-state index contributed by atoms with van der Waals surface area (Å²) in [6.45, 7) is 2.74. The number of benzene rings is 2. The predicted octanol–water partition coefficient (Wildman–Crippen LogP) is 10.1. The fourth-order valence-electron chi connectivity index (χ4n) is 9.13. The number of hydrogen-bond acceptors (Lipinski definition) is 13. The van der Waals surface area contributed by atoms with Crippen LogP contribution in [0.3, 0.4) is 0 Å². The second-order valence-electron chi connectivity index (χ2n) is 18.3. The first-order valence-electron chi connectivity index (χ1n) is 23.7. The Morgan fingerprint density at radius 3 is 1.38 bits per heavy atom. The number of Topliss-reactive ketones (excluding diaryl/α,β-unsaturated/α-hetero) is 1. The van der Waals surface area contributed by atoms with Crippen molar-refractivity contribution in [2.45, 2.75) is 102 Å². The van der Waals surface area contributed by atoms with Crippen LogP contribution in [0.4, 0.5) is 11.6 Å². The molecule has 0 saturated heterocycles. The molecule has 376 valence electrons. The van der Waals surface area contributed by atoms with Crippen molar-refractivity contribution in [1.82, 2.24) is 39.2 Å². The van der Waals surface area contributed by atoms with Crippen LogP contribution in [-0.2, 0) is 9.59 Å². The van der Waals surface area contributed by atoms with Gasteiger partial charge in [0.15, 0.2) is 17.1 Å². The highest BCUT2D eigenvalue weighted by Gasteiger charge is 2.30. The zero-order valence-electron chi connectivity index (χ0n) is 39.9. The lowest BCUT2D eigenvalue weighted by Crippen LogP contribution is -2.26. The molecule has 72 heavy (non-hydrogen) atoms. The number of aromatic nitrogens is 8. The molecule has 0 radical (unpaired) electrons. The highest BCUT2D eigenvalue weighted by atomic mass is 79.9. The number of anilines is 2. The number of aliphatic hydroxyl groups is 2. The molecule has 8 aromatic rings. The smallest absolute Gasteiger partial charge is 0.332 e. The molecule has 6 heterocycles. The number of aliphatic hydroxyl groups excluding tert-OH is 2. The Morgan fingerprint density at radius 1 is 0.611 bits per heavy atom. The Balaban J connectivity index is 0.000000189. The SMILES string of the molecule is C[C@@H](O)C(=O)CC1CCC(c2nc3c(-c4ccc(-c5ccccc5)nc4)cnn3c(N)c2Br)CC1.C[C@@H](O)C(=O)O.Cl.Nc1c(Br)c(C2CCC(N)CC2)nc2c(-c3ccc(-c4ccccc4)nc3)cnn12. The third kappa shape index (κ3) is 12.2. The van der Waals surface area contributed by atoms with Gasteiger partial charge in [0.05, 0.1) is 44.1 Å². The molecule has 2 saturated carbocycles. The number of hydrogen-bond donors (Lipinski definition) is 6. The summed E-state index contributed by atoms with van der Waals surface area (Å²) in [6.07, 6.45) is 13.4. The maximum atomic E-state index is 12.0. The topological polar surface area (TPSA) is 259 Å². The third-order valence-corrected chi connectivity index (χ3v) is 14.9. The number of fused-ring (bicyclic) bond motifs is 2. The standard InChI is InChI=1S/C27H28BrN5O2.C23H23BrN6.C3H6O3.ClH/c1-16(34)23(35)13-17-7-9-19(10-8-17)25-24(28)26(29)33-27(32-25)21(15-31-33)20-11-12-22(30-14-20)18-5-3-2-4-6-18;24-20-21(15-6-9-17(25)10-7-15)29-23-18(13-28-30(23)22(20)26)16-8-11-19(27-12-16)14-4-2-1-3-5-14;1-2(4)3(5)6;/h2-6,11-12,14-17,19,34H,7-10,13,29H2,1H3;1-5,8,11-13,15,17H,6-7,9-10,25-26H2;2,4H,1H3,(H,5,6);1H/t16-,17?,19?;;2-;/m1.1./s1. The van der Waals surface area contributed by atoms with Crippen LogP contribution in [0.15, 0.2) is 119 Å². The Labute approximate surface area is 440 Å². The maximum Gasteiger partial charge on any atom is 0.332 e. The average molecular weight is 1120 g/mol. The average Bonchev–Trinajstić information content (AvgIpc) is 4.03. The van der Waals surface area contributed by atoms with Gasteiger partial charge in [-0.3, -0.25) is 14.8 Å². The van der Waals surface area contributed by atoms with E-state index in [1.54, 1.807) is 22.2 Å². The van der Waals surface area contributed by atoms with Gasteiger partial charge in [-0.05, 0) is 115 Å². The molecule has 0 aliphatic heterocycles. The maximum absolute atomic E-state index is 12.0. The molecule has 0 amide bonds. The molecule has 19 heteroatoms. The lowest BCUT2D eigenvalue weighted by atomic mass is 9.78. The van der Waals surface area contributed by atoms with Gasteiger partial charge in [-0.2, -0.15) is 19.2 Å². The number of rotatable bonds is 10. The number of ketones is 1. The summed E-state index contributed by atoms with van der Waals surface area (Å²) in [5, 5.41) is 34.3. The number of pyridine rings is 2. The molecule has 2 aliphatic carbocycles. The van der Waals surface area contributed by atoms with Gasteiger partial charge < -0.3 is 32.5 Å². The summed E-state index contributed by atoms with van der Waals surface area (Å²) in [4.78, 5) is 40.7. The second kappa shape index (κ2) is 24.0. The zero-order valence-corrected chi connectivity index (χ0v) is 43.8. The Bertz CT molecular complexity index is 3110. The predicted molar refractivity (Wildman–Crippen MR) is 289 cm³/mol. The molecular weight excluding hydrogens is 1070 g/mol. The number of aliphatic carboxylic acids is 1. The van der Waals surface area contributed by atoms with E-state index in [4.69, 9.17) is 37.4 Å². The minimum Gasteiger partial charge on any atom is -0.479 e. The van der Waals surface area contributed by atoms with E-state index in [1.165, 1.54) is 6.92 Å². The minimum absolute atomic E-state index is 0.